The first-order chi connectivity index (χ1) is 33.8. The van der Waals surface area contributed by atoms with Gasteiger partial charge >= 0.3 is 0 Å². The van der Waals surface area contributed by atoms with Crippen LogP contribution < -0.4 is 30.7 Å². The smallest absolute Gasteiger partial charge is 0.258 e. The maximum atomic E-state index is 13.6. The van der Waals surface area contributed by atoms with E-state index in [1.807, 2.05) is 27.7 Å². The average Bonchev–Trinajstić information content (AvgIpc) is 3.29. The first-order valence-electron chi connectivity index (χ1n) is 22.0. The van der Waals surface area contributed by atoms with Gasteiger partial charge in [-0.05, 0) is 120 Å². The molecule has 0 radical (unpaired) electrons. The predicted molar refractivity (Wildman–Crippen MR) is 279 cm³/mol. The predicted octanol–water partition coefficient (Wildman–Crippen LogP) is 13.0. The molecule has 5 aromatic carbocycles. The van der Waals surface area contributed by atoms with Gasteiger partial charge < -0.3 is 30.7 Å². The van der Waals surface area contributed by atoms with Crippen LogP contribution in [0.1, 0.15) is 89.7 Å². The molecule has 4 amide bonds. The number of hydrogen-bond donors (Lipinski definition) is 4. The van der Waals surface area contributed by atoms with Crippen molar-refractivity contribution in [2.45, 2.75) is 70.8 Å². The van der Waals surface area contributed by atoms with Crippen molar-refractivity contribution in [1.82, 2.24) is 0 Å². The van der Waals surface area contributed by atoms with Gasteiger partial charge in [-0.2, -0.15) is 20.5 Å². The van der Waals surface area contributed by atoms with Crippen LogP contribution in [0, 0.1) is 0 Å². The number of nitrogens with zero attached hydrogens (tertiary/aromatic N) is 4. The highest BCUT2D eigenvalue weighted by molar-refractivity contribution is 6.32. The molecule has 5 aromatic rings. The maximum absolute atomic E-state index is 13.6. The number of hydrogen-bond acceptors (Lipinski definition) is 12. The minimum atomic E-state index is -1.62. The van der Waals surface area contributed by atoms with Crippen LogP contribution in [-0.2, 0) is 25.6 Å². The number of nitrogens with one attached hydrogen (secondary N) is 4. The molecule has 0 aromatic heterocycles. The number of benzene rings is 5. The average molecular weight is 1070 g/mol. The summed E-state index contributed by atoms with van der Waals surface area (Å²) in [6.45, 7) is 10.4. The molecule has 4 unspecified atom stereocenters. The van der Waals surface area contributed by atoms with Gasteiger partial charge in [0, 0.05) is 73.1 Å². The number of azo groups is 2. The molecular formula is C50H49Cl5N8O8. The summed E-state index contributed by atoms with van der Waals surface area (Å²) in [6.07, 6.45) is 0.204. The Kier molecular flexibility index (Phi) is 20.4. The van der Waals surface area contributed by atoms with Crippen LogP contribution in [0.4, 0.5) is 34.1 Å². The van der Waals surface area contributed by atoms with Crippen LogP contribution in [0.3, 0.4) is 0 Å². The van der Waals surface area contributed by atoms with E-state index in [9.17, 15) is 28.8 Å². The van der Waals surface area contributed by atoms with Gasteiger partial charge in [0.05, 0.1) is 35.3 Å². The van der Waals surface area contributed by atoms with Crippen molar-refractivity contribution in [1.29, 1.82) is 0 Å². The van der Waals surface area contributed by atoms with Crippen LogP contribution in [0.5, 0.6) is 11.5 Å². The van der Waals surface area contributed by atoms with Gasteiger partial charge in [0.2, 0.25) is 12.1 Å². The molecule has 0 bridgehead atoms. The van der Waals surface area contributed by atoms with Crippen LogP contribution in [0.25, 0.3) is 0 Å². The molecule has 4 atom stereocenters. The molecule has 0 saturated heterocycles. The van der Waals surface area contributed by atoms with Crippen LogP contribution in [0.2, 0.25) is 10.0 Å². The zero-order valence-electron chi connectivity index (χ0n) is 39.2. The molecule has 0 aliphatic heterocycles. The molecule has 21 heteroatoms. The number of ether oxygens (including phenoxy) is 2. The number of rotatable bonds is 22. The van der Waals surface area contributed by atoms with E-state index in [0.29, 0.717) is 41.7 Å². The quantitative estimate of drug-likeness (QED) is 0.0296. The molecule has 16 nitrogen and oxygen atoms in total. The lowest BCUT2D eigenvalue weighted by Gasteiger charge is -2.15. The van der Waals surface area contributed by atoms with Crippen molar-refractivity contribution in [3.8, 4) is 11.5 Å². The van der Waals surface area contributed by atoms with Gasteiger partial charge in [-0.15, -0.1) is 34.8 Å². The van der Waals surface area contributed by atoms with E-state index in [1.54, 1.807) is 36.4 Å². The number of carbonyl (C=O) groups is 6. The minimum absolute atomic E-state index is 0.0895. The van der Waals surface area contributed by atoms with Gasteiger partial charge in [-0.1, -0.05) is 35.3 Å². The molecule has 0 fully saturated rings. The second-order valence-corrected chi connectivity index (χ2v) is 18.2. The number of amides is 4. The molecular weight excluding hydrogens is 1020 g/mol. The first kappa shape index (κ1) is 55.5. The molecule has 0 heterocycles. The van der Waals surface area contributed by atoms with Crippen LogP contribution >= 0.6 is 58.0 Å². The Hall–Kier alpha value is -6.43. The molecule has 0 aliphatic rings. The number of aryl methyl sites for hydroxylation is 1. The number of halogens is 5. The van der Waals surface area contributed by atoms with Crippen molar-refractivity contribution in [3.05, 3.63) is 129 Å². The highest BCUT2D eigenvalue weighted by Crippen LogP contribution is 2.34. The largest absolute Gasteiger partial charge is 0.493 e. The zero-order chi connectivity index (χ0) is 51.9. The number of anilines is 4. The summed E-state index contributed by atoms with van der Waals surface area (Å²) in [4.78, 5) is 79.1. The Balaban J connectivity index is 1.27. The van der Waals surface area contributed by atoms with E-state index >= 15 is 0 Å². The van der Waals surface area contributed by atoms with Gasteiger partial charge in [-0.3, -0.25) is 28.8 Å². The highest BCUT2D eigenvalue weighted by atomic mass is 35.5. The van der Waals surface area contributed by atoms with Gasteiger partial charge in [0.25, 0.3) is 23.6 Å². The lowest BCUT2D eigenvalue weighted by atomic mass is 10.1. The summed E-state index contributed by atoms with van der Waals surface area (Å²) in [5, 5.41) is 26.7. The van der Waals surface area contributed by atoms with Crippen molar-refractivity contribution in [3.63, 3.8) is 0 Å². The summed E-state index contributed by atoms with van der Waals surface area (Å²) < 4.78 is 11.4. The SMILES string of the molecule is CCOc1cc(NC(=O)c2cc(Cl)cc(N=NC(C(C)=O)C(=O)Nc3ccc(NC(=O)C(N=Nc4cc(Cl)cc(C(=O)Nc5ccc(C(C)Cl)c(OCC)c5)c4)C(C)=O)c(CCCl)c3)c2)ccc1C(C)Cl. The van der Waals surface area contributed by atoms with E-state index in [4.69, 9.17) is 67.5 Å². The van der Waals surface area contributed by atoms with Crippen molar-refractivity contribution in [2.75, 3.05) is 40.4 Å². The summed E-state index contributed by atoms with van der Waals surface area (Å²) in [6, 6.07) is 19.9. The third kappa shape index (κ3) is 15.8. The minimum Gasteiger partial charge on any atom is -0.493 e. The van der Waals surface area contributed by atoms with Gasteiger partial charge in [0.1, 0.15) is 11.5 Å². The Morgan fingerprint density at radius 3 is 1.39 bits per heavy atom. The molecule has 71 heavy (non-hydrogen) atoms. The van der Waals surface area contributed by atoms with Gasteiger partial charge in [-0.25, -0.2) is 0 Å². The number of ketones is 2. The highest BCUT2D eigenvalue weighted by Gasteiger charge is 2.26. The van der Waals surface area contributed by atoms with Crippen molar-refractivity contribution >= 4 is 127 Å². The topological polar surface area (TPSA) is 218 Å². The lowest BCUT2D eigenvalue weighted by Crippen LogP contribution is -2.32. The van der Waals surface area contributed by atoms with E-state index in [2.05, 4.69) is 41.7 Å². The molecule has 4 N–H and O–H groups in total. The summed E-state index contributed by atoms with van der Waals surface area (Å²) >= 11 is 31.4. The fraction of sp³-hybridized carbons (Fsp3) is 0.280. The fourth-order valence-corrected chi connectivity index (χ4v) is 7.80. The molecule has 0 aliphatic carbocycles. The number of Topliss-reactive ketones (excluding diaryl/α,β-unsaturated/α-hetero) is 2. The number of carbonyl (C=O) groups excluding carboxylic acids is 6. The Labute approximate surface area is 435 Å². The molecule has 0 spiro atoms. The molecule has 5 rings (SSSR count). The summed E-state index contributed by atoms with van der Waals surface area (Å²) in [5.41, 5.74) is 3.74. The van der Waals surface area contributed by atoms with Crippen molar-refractivity contribution < 1.29 is 38.2 Å². The standard InChI is InChI=1S/C50H49Cl5N8O8/c1-7-70-43-24-36(9-12-40(43)26(3)52)56-47(66)31-17-33(54)22-38(20-31)60-62-45(28(5)64)49(68)58-35-11-14-42(30(19-35)15-16-51)59-50(69)46(29(6)65)63-61-39-21-32(18-34(55)23-39)48(67)57-37-10-13-41(27(4)53)44(25-37)71-8-2/h9-14,17-27,45-46H,7-8,15-16H2,1-6H3,(H,56,66)(H,57,67)(H,58,68)(H,59,69). The van der Waals surface area contributed by atoms with E-state index in [0.717, 1.165) is 11.1 Å². The first-order valence-corrected chi connectivity index (χ1v) is 24.2. The lowest BCUT2D eigenvalue weighted by molar-refractivity contribution is -0.127. The van der Waals surface area contributed by atoms with Gasteiger partial charge in [0.15, 0.2) is 11.6 Å². The second kappa shape index (κ2) is 26.1. The zero-order valence-corrected chi connectivity index (χ0v) is 43.0. The maximum Gasteiger partial charge on any atom is 0.258 e. The summed E-state index contributed by atoms with van der Waals surface area (Å²) in [7, 11) is 0. The van der Waals surface area contributed by atoms with Crippen LogP contribution in [0.15, 0.2) is 111 Å². The van der Waals surface area contributed by atoms with Crippen molar-refractivity contribution in [2.24, 2.45) is 20.5 Å². The fourth-order valence-electron chi connectivity index (χ4n) is 6.77. The van der Waals surface area contributed by atoms with E-state index < -0.39 is 47.3 Å². The Morgan fingerprint density at radius 2 is 0.986 bits per heavy atom. The Morgan fingerprint density at radius 1 is 0.563 bits per heavy atom. The monoisotopic (exact) mass is 1060 g/mol. The third-order valence-electron chi connectivity index (χ3n) is 10.1. The molecule has 372 valence electrons. The second-order valence-electron chi connectivity index (χ2n) is 15.7. The van der Waals surface area contributed by atoms with Crippen LogP contribution in [-0.4, -0.2) is 66.4 Å². The van der Waals surface area contributed by atoms with E-state index in [-0.39, 0.29) is 67.0 Å². The van der Waals surface area contributed by atoms with E-state index in [1.165, 1.54) is 68.4 Å². The number of alkyl halides is 3. The summed E-state index contributed by atoms with van der Waals surface area (Å²) in [5.74, 6) is -2.86. The normalized spacial score (nSPS) is 12.9. The Bertz CT molecular complexity index is 2880. The third-order valence-corrected chi connectivity index (χ3v) is 11.2. The molecule has 0 saturated carbocycles.